The van der Waals surface area contributed by atoms with Gasteiger partial charge in [-0.15, -0.1) is 0 Å². The van der Waals surface area contributed by atoms with E-state index in [-0.39, 0.29) is 30.3 Å². The van der Waals surface area contributed by atoms with Gasteiger partial charge in [0.1, 0.15) is 22.9 Å². The fourth-order valence-corrected chi connectivity index (χ4v) is 2.76. The normalized spacial score (nSPS) is 15.2. The van der Waals surface area contributed by atoms with Gasteiger partial charge in [-0.1, -0.05) is 0 Å². The zero-order chi connectivity index (χ0) is 18.9. The van der Waals surface area contributed by atoms with Gasteiger partial charge in [-0.3, -0.25) is 9.59 Å². The van der Waals surface area contributed by atoms with E-state index >= 15 is 0 Å². The Morgan fingerprint density at radius 3 is 2.50 bits per heavy atom. The Morgan fingerprint density at radius 2 is 1.88 bits per heavy atom. The summed E-state index contributed by atoms with van der Waals surface area (Å²) in [7, 11) is 0. The molecule has 10 heteroatoms. The molecule has 26 heavy (non-hydrogen) atoms. The molecule has 1 saturated heterocycles. The molecular weight excluding hydrogens is 351 g/mol. The Balaban J connectivity index is 1.73. The molecule has 0 radical (unpaired) electrons. The zero-order valence-electron chi connectivity index (χ0n) is 13.9. The van der Waals surface area contributed by atoms with E-state index in [4.69, 9.17) is 0 Å². The fraction of sp³-hybridized carbons (Fsp3) is 0.375. The van der Waals surface area contributed by atoms with Gasteiger partial charge < -0.3 is 14.8 Å². The third-order valence-electron chi connectivity index (χ3n) is 4.05. The molecule has 7 nitrogen and oxygen atoms in total. The number of nitrogens with zero attached hydrogens (tertiary/aromatic N) is 4. The van der Waals surface area contributed by atoms with Crippen molar-refractivity contribution in [2.24, 2.45) is 0 Å². The topological polar surface area (TPSA) is 82.2 Å². The number of hydrogen-bond donors (Lipinski definition) is 1. The van der Waals surface area contributed by atoms with Crippen LogP contribution in [0.2, 0.25) is 0 Å². The average molecular weight is 367 g/mol. The van der Waals surface area contributed by atoms with Crippen molar-refractivity contribution in [2.75, 3.05) is 31.1 Å². The van der Waals surface area contributed by atoms with Gasteiger partial charge in [0.2, 0.25) is 0 Å². The molecule has 3 rings (SSSR count). The van der Waals surface area contributed by atoms with Gasteiger partial charge in [-0.2, -0.15) is 13.2 Å². The van der Waals surface area contributed by atoms with Gasteiger partial charge in [-0.25, -0.2) is 9.97 Å². The highest BCUT2D eigenvalue weighted by Crippen LogP contribution is 2.29. The molecule has 0 aliphatic carbocycles. The second-order valence-corrected chi connectivity index (χ2v) is 5.85. The van der Waals surface area contributed by atoms with Crippen molar-refractivity contribution in [3.05, 3.63) is 51.8 Å². The minimum Gasteiger partial charge on any atom is -0.353 e. The molecule has 1 amide bonds. The molecule has 1 N–H and O–H groups in total. The van der Waals surface area contributed by atoms with E-state index in [1.807, 2.05) is 0 Å². The van der Waals surface area contributed by atoms with E-state index in [1.165, 1.54) is 24.1 Å². The molecule has 0 unspecified atom stereocenters. The number of rotatable bonds is 2. The number of aromatic nitrogens is 3. The maximum absolute atomic E-state index is 12.9. The molecule has 3 heterocycles. The lowest BCUT2D eigenvalue weighted by atomic mass is 10.2. The Kier molecular flexibility index (Phi) is 4.66. The van der Waals surface area contributed by atoms with Crippen molar-refractivity contribution in [2.45, 2.75) is 13.1 Å². The number of piperazine rings is 1. The van der Waals surface area contributed by atoms with Crippen LogP contribution in [0.4, 0.5) is 19.0 Å². The van der Waals surface area contributed by atoms with E-state index in [2.05, 4.69) is 15.0 Å². The molecule has 0 saturated carbocycles. The molecule has 0 bridgehead atoms. The molecule has 138 valence electrons. The summed E-state index contributed by atoms with van der Waals surface area (Å²) in [5.74, 6) is -0.194. The lowest BCUT2D eigenvalue weighted by Gasteiger charge is -2.35. The molecule has 1 aliphatic rings. The summed E-state index contributed by atoms with van der Waals surface area (Å²) in [5.41, 5.74) is -1.42. The van der Waals surface area contributed by atoms with Crippen LogP contribution in [0.15, 0.2) is 29.2 Å². The van der Waals surface area contributed by atoms with E-state index in [0.29, 0.717) is 13.1 Å². The summed E-state index contributed by atoms with van der Waals surface area (Å²) in [6.45, 7) is 2.57. The van der Waals surface area contributed by atoms with Gasteiger partial charge in [-0.05, 0) is 19.1 Å². The quantitative estimate of drug-likeness (QED) is 0.869. The van der Waals surface area contributed by atoms with Gasteiger partial charge in [0.05, 0.1) is 0 Å². The number of nitrogens with one attached hydrogen (secondary N) is 1. The number of alkyl halides is 3. The molecule has 2 aromatic heterocycles. The first-order chi connectivity index (χ1) is 12.3. The predicted octanol–water partition coefficient (Wildman–Crippen LogP) is 1.45. The minimum atomic E-state index is -4.55. The summed E-state index contributed by atoms with van der Waals surface area (Å²) < 4.78 is 38.7. The predicted molar refractivity (Wildman–Crippen MR) is 87.0 cm³/mol. The summed E-state index contributed by atoms with van der Waals surface area (Å²) >= 11 is 0. The van der Waals surface area contributed by atoms with E-state index in [9.17, 15) is 22.8 Å². The van der Waals surface area contributed by atoms with Crippen LogP contribution in [0.1, 0.15) is 21.9 Å². The number of carbonyl (C=O) groups excluding carboxylic acids is 1. The van der Waals surface area contributed by atoms with Crippen molar-refractivity contribution in [1.29, 1.82) is 0 Å². The van der Waals surface area contributed by atoms with Crippen LogP contribution in [0.5, 0.6) is 0 Å². The monoisotopic (exact) mass is 367 g/mol. The molecule has 0 aromatic carbocycles. The van der Waals surface area contributed by atoms with Crippen LogP contribution in [-0.2, 0) is 6.18 Å². The Bertz CT molecular complexity index is 873. The third kappa shape index (κ3) is 3.68. The highest BCUT2D eigenvalue weighted by atomic mass is 19.4. The molecule has 0 spiro atoms. The maximum atomic E-state index is 12.9. The molecule has 2 aromatic rings. The number of hydrogen-bond acceptors (Lipinski definition) is 5. The van der Waals surface area contributed by atoms with Crippen molar-refractivity contribution < 1.29 is 18.0 Å². The number of aromatic amines is 1. The number of amides is 1. The fourth-order valence-electron chi connectivity index (χ4n) is 2.76. The first-order valence-corrected chi connectivity index (χ1v) is 7.90. The summed E-state index contributed by atoms with van der Waals surface area (Å²) in [6.07, 6.45) is -3.11. The second kappa shape index (κ2) is 6.77. The Labute approximate surface area is 146 Å². The van der Waals surface area contributed by atoms with E-state index in [1.54, 1.807) is 11.0 Å². The smallest absolute Gasteiger partial charge is 0.353 e. The summed E-state index contributed by atoms with van der Waals surface area (Å²) in [6, 6.07) is 3.91. The average Bonchev–Trinajstić information content (AvgIpc) is 2.60. The lowest BCUT2D eigenvalue weighted by Crippen LogP contribution is -2.50. The van der Waals surface area contributed by atoms with Crippen LogP contribution < -0.4 is 10.5 Å². The third-order valence-corrected chi connectivity index (χ3v) is 4.05. The second-order valence-electron chi connectivity index (χ2n) is 5.85. The van der Waals surface area contributed by atoms with Crippen molar-refractivity contribution >= 4 is 11.7 Å². The minimum absolute atomic E-state index is 0.0316. The lowest BCUT2D eigenvalue weighted by molar-refractivity contribution is -0.141. The van der Waals surface area contributed by atoms with Crippen LogP contribution in [0, 0.1) is 6.92 Å². The zero-order valence-corrected chi connectivity index (χ0v) is 13.9. The van der Waals surface area contributed by atoms with Crippen molar-refractivity contribution in [3.63, 3.8) is 0 Å². The first-order valence-electron chi connectivity index (χ1n) is 7.90. The number of aryl methyl sites for hydroxylation is 1. The van der Waals surface area contributed by atoms with E-state index in [0.717, 1.165) is 6.07 Å². The number of H-pyrrole nitrogens is 1. The van der Waals surface area contributed by atoms with E-state index < -0.39 is 23.3 Å². The van der Waals surface area contributed by atoms with Gasteiger partial charge in [0.25, 0.3) is 11.5 Å². The molecule has 0 atom stereocenters. The van der Waals surface area contributed by atoms with Crippen LogP contribution >= 0.6 is 0 Å². The Morgan fingerprint density at radius 1 is 1.19 bits per heavy atom. The van der Waals surface area contributed by atoms with Gasteiger partial charge >= 0.3 is 6.18 Å². The SMILES string of the molecule is Cc1nc(N2CCN(C(=O)c3ccc[nH]c3=O)CC2)cc(C(F)(F)F)n1. The highest BCUT2D eigenvalue weighted by molar-refractivity contribution is 5.93. The molecule has 1 aliphatic heterocycles. The number of anilines is 1. The van der Waals surface area contributed by atoms with Crippen molar-refractivity contribution in [3.8, 4) is 0 Å². The Hall–Kier alpha value is -2.91. The first kappa shape index (κ1) is 17.9. The summed E-state index contributed by atoms with van der Waals surface area (Å²) in [4.78, 5) is 37.2. The van der Waals surface area contributed by atoms with Gasteiger partial charge in [0.15, 0.2) is 0 Å². The number of pyridine rings is 1. The van der Waals surface area contributed by atoms with Gasteiger partial charge in [0, 0.05) is 38.4 Å². The number of halogens is 3. The number of carbonyl (C=O) groups is 1. The maximum Gasteiger partial charge on any atom is 0.433 e. The standard InChI is InChI=1S/C16H16F3N5O2/c1-10-21-12(16(17,18)19)9-13(22-10)23-5-7-24(8-6-23)15(26)11-3-2-4-20-14(11)25/h2-4,9H,5-8H2,1H3,(H,20,25). The van der Waals surface area contributed by atoms with Crippen LogP contribution in [-0.4, -0.2) is 51.9 Å². The molecule has 1 fully saturated rings. The van der Waals surface area contributed by atoms with Crippen molar-refractivity contribution in [1.82, 2.24) is 19.9 Å². The molecular formula is C16H16F3N5O2. The summed E-state index contributed by atoms with van der Waals surface area (Å²) in [5, 5.41) is 0. The van der Waals surface area contributed by atoms with Crippen LogP contribution in [0.3, 0.4) is 0 Å². The largest absolute Gasteiger partial charge is 0.433 e. The van der Waals surface area contributed by atoms with Crippen LogP contribution in [0.25, 0.3) is 0 Å². The highest BCUT2D eigenvalue weighted by Gasteiger charge is 2.34.